The molecule has 0 amide bonds. The number of carbonyl (C=O) groups is 2. The summed E-state index contributed by atoms with van der Waals surface area (Å²) in [6.07, 6.45) is 7.09. The molecule has 0 aromatic carbocycles. The fourth-order valence-electron chi connectivity index (χ4n) is 3.15. The third kappa shape index (κ3) is 28.9. The summed E-state index contributed by atoms with van der Waals surface area (Å²) >= 11 is 0. The van der Waals surface area contributed by atoms with Gasteiger partial charge in [0.2, 0.25) is 0 Å². The first-order valence-electron chi connectivity index (χ1n) is 13.9. The Kier molecular flexibility index (Phi) is 25.0. The average Bonchev–Trinajstić information content (AvgIpc) is 2.85. The number of hydrogen-bond donors (Lipinski definition) is 2. The van der Waals surface area contributed by atoms with Gasteiger partial charge in [0.05, 0.1) is 59.0 Å². The molecule has 9 heteroatoms. The maximum absolute atomic E-state index is 12.1. The quantitative estimate of drug-likeness (QED) is 0.146. The first-order chi connectivity index (χ1) is 17.8. The van der Waals surface area contributed by atoms with Gasteiger partial charge in [-0.1, -0.05) is 20.3 Å². The normalized spacial score (nSPS) is 12.0. The van der Waals surface area contributed by atoms with Gasteiger partial charge in [0.1, 0.15) is 11.6 Å². The van der Waals surface area contributed by atoms with E-state index in [1.807, 2.05) is 13.8 Å². The summed E-state index contributed by atoms with van der Waals surface area (Å²) in [4.78, 5) is 23.9. The molecular weight excluding hydrogens is 476 g/mol. The summed E-state index contributed by atoms with van der Waals surface area (Å²) in [6, 6.07) is 0. The number of unbranched alkanes of at least 4 members (excludes halogenated alkanes) is 2. The molecule has 0 fully saturated rings. The Balaban J connectivity index is 3.47. The first-order valence-corrected chi connectivity index (χ1v) is 13.9. The van der Waals surface area contributed by atoms with E-state index in [1.165, 1.54) is 0 Å². The average molecular weight is 531 g/mol. The predicted molar refractivity (Wildman–Crippen MR) is 146 cm³/mol. The fraction of sp³-hybridized carbons (Fsp3) is 0.857. The van der Waals surface area contributed by atoms with Crippen LogP contribution in [-0.4, -0.2) is 83.7 Å². The zero-order valence-electron chi connectivity index (χ0n) is 23.9. The molecule has 0 aliphatic heterocycles. The molecule has 0 aliphatic carbocycles. The summed E-state index contributed by atoms with van der Waals surface area (Å²) in [5.74, 6) is 0.939. The Morgan fingerprint density at radius 2 is 1.24 bits per heavy atom. The number of Topliss-reactive ketones (excluding diaryl/α,β-unsaturated/α-hetero) is 2. The van der Waals surface area contributed by atoms with E-state index in [9.17, 15) is 9.59 Å². The van der Waals surface area contributed by atoms with Crippen molar-refractivity contribution < 1.29 is 33.3 Å². The molecule has 9 nitrogen and oxygen atoms in total. The lowest BCUT2D eigenvalue weighted by atomic mass is 10.0. The van der Waals surface area contributed by atoms with E-state index in [0.717, 1.165) is 19.3 Å². The van der Waals surface area contributed by atoms with Crippen LogP contribution in [0.3, 0.4) is 0 Å². The van der Waals surface area contributed by atoms with Gasteiger partial charge in [0.25, 0.3) is 0 Å². The van der Waals surface area contributed by atoms with Crippen molar-refractivity contribution in [1.29, 1.82) is 0 Å². The van der Waals surface area contributed by atoms with E-state index in [-0.39, 0.29) is 17.7 Å². The molecule has 0 aromatic rings. The highest BCUT2D eigenvalue weighted by Crippen LogP contribution is 2.09. The van der Waals surface area contributed by atoms with Crippen LogP contribution in [0.25, 0.3) is 0 Å². The van der Waals surface area contributed by atoms with Crippen LogP contribution in [0.2, 0.25) is 0 Å². The molecule has 0 aliphatic rings. The number of carbonyl (C=O) groups excluding carboxylic acids is 2. The number of ketones is 2. The number of hydrogen-bond acceptors (Lipinski definition) is 9. The van der Waals surface area contributed by atoms with Gasteiger partial charge in [-0.2, -0.15) is 0 Å². The third-order valence-corrected chi connectivity index (χ3v) is 5.18. The molecule has 0 radical (unpaired) electrons. The van der Waals surface area contributed by atoms with Crippen LogP contribution >= 0.6 is 0 Å². The molecule has 0 aromatic heterocycles. The van der Waals surface area contributed by atoms with Crippen molar-refractivity contribution in [1.82, 2.24) is 5.32 Å². The standard InChI is InChI=1S/C28H54N2O7/c1-24(2)23-36-14-12-28(32)9-7-5-6-8-27(31)11-10-26(29)22-30-13-15-33-16-17-34-18-19-35-20-21-37-25(3)4/h22,24-25,30H,5-21,23,29H2,1-4H3/b26-22-. The van der Waals surface area contributed by atoms with Gasteiger partial charge >= 0.3 is 0 Å². The van der Waals surface area contributed by atoms with Crippen molar-refractivity contribution in [2.45, 2.75) is 85.2 Å². The van der Waals surface area contributed by atoms with E-state index in [1.54, 1.807) is 6.20 Å². The monoisotopic (exact) mass is 530 g/mol. The van der Waals surface area contributed by atoms with Crippen LogP contribution in [0.15, 0.2) is 11.9 Å². The van der Waals surface area contributed by atoms with E-state index in [4.69, 9.17) is 29.4 Å². The number of rotatable bonds is 28. The topological polar surface area (TPSA) is 118 Å². The molecule has 0 rings (SSSR count). The molecule has 218 valence electrons. The summed E-state index contributed by atoms with van der Waals surface area (Å²) in [5.41, 5.74) is 6.62. The third-order valence-electron chi connectivity index (χ3n) is 5.18. The van der Waals surface area contributed by atoms with Crippen molar-refractivity contribution in [2.75, 3.05) is 66.0 Å². The molecule has 0 atom stereocenters. The van der Waals surface area contributed by atoms with E-state index < -0.39 is 0 Å². The van der Waals surface area contributed by atoms with Gasteiger partial charge in [0.15, 0.2) is 0 Å². The second-order valence-electron chi connectivity index (χ2n) is 9.79. The zero-order valence-corrected chi connectivity index (χ0v) is 23.9. The minimum atomic E-state index is 0.211. The molecule has 0 unspecified atom stereocenters. The molecule has 0 bridgehead atoms. The highest BCUT2D eigenvalue weighted by Gasteiger charge is 2.05. The minimum Gasteiger partial charge on any atom is -0.401 e. The molecule has 3 N–H and O–H groups in total. The van der Waals surface area contributed by atoms with Crippen molar-refractivity contribution in [3.63, 3.8) is 0 Å². The van der Waals surface area contributed by atoms with Crippen LogP contribution < -0.4 is 11.1 Å². The summed E-state index contributed by atoms with van der Waals surface area (Å²) < 4.78 is 27.2. The van der Waals surface area contributed by atoms with Crippen LogP contribution in [0.1, 0.15) is 79.1 Å². The van der Waals surface area contributed by atoms with Crippen molar-refractivity contribution >= 4 is 11.6 Å². The van der Waals surface area contributed by atoms with Crippen LogP contribution in [-0.2, 0) is 33.3 Å². The Morgan fingerprint density at radius 1 is 0.676 bits per heavy atom. The lowest BCUT2D eigenvalue weighted by Crippen LogP contribution is -2.18. The Labute approximate surface area is 225 Å². The Morgan fingerprint density at radius 3 is 1.84 bits per heavy atom. The van der Waals surface area contributed by atoms with Gasteiger partial charge < -0.3 is 34.7 Å². The van der Waals surface area contributed by atoms with Crippen LogP contribution in [0, 0.1) is 5.92 Å². The maximum Gasteiger partial charge on any atom is 0.135 e. The van der Waals surface area contributed by atoms with Gasteiger partial charge in [-0.05, 0) is 39.0 Å². The molecule has 37 heavy (non-hydrogen) atoms. The molecule has 0 saturated carbocycles. The Bertz CT molecular complexity index is 583. The van der Waals surface area contributed by atoms with Crippen molar-refractivity contribution in [2.24, 2.45) is 11.7 Å². The highest BCUT2D eigenvalue weighted by atomic mass is 16.6. The van der Waals surface area contributed by atoms with Gasteiger partial charge in [-0.3, -0.25) is 9.59 Å². The highest BCUT2D eigenvalue weighted by molar-refractivity contribution is 5.79. The smallest absolute Gasteiger partial charge is 0.135 e. The second kappa shape index (κ2) is 26.1. The van der Waals surface area contributed by atoms with Gasteiger partial charge in [-0.25, -0.2) is 0 Å². The fourth-order valence-corrected chi connectivity index (χ4v) is 3.15. The Hall–Kier alpha value is -1.52. The van der Waals surface area contributed by atoms with Gasteiger partial charge in [-0.15, -0.1) is 0 Å². The van der Waals surface area contributed by atoms with Crippen molar-refractivity contribution in [3.8, 4) is 0 Å². The molecular formula is C28H54N2O7. The van der Waals surface area contributed by atoms with Crippen LogP contribution in [0.4, 0.5) is 0 Å². The molecule has 0 saturated heterocycles. The molecule has 0 heterocycles. The molecule has 0 spiro atoms. The second-order valence-corrected chi connectivity index (χ2v) is 9.79. The number of allylic oxidation sites excluding steroid dienone is 1. The summed E-state index contributed by atoms with van der Waals surface area (Å²) in [5, 5.41) is 3.10. The first kappa shape index (κ1) is 35.5. The SMILES string of the molecule is CC(C)COCCC(=O)CCCCCC(=O)CC/C(N)=C/NCCOCCOCCOCCOC(C)C. The lowest BCUT2D eigenvalue weighted by molar-refractivity contribution is -0.120. The maximum atomic E-state index is 12.1. The van der Waals surface area contributed by atoms with Crippen LogP contribution in [0.5, 0.6) is 0 Å². The number of ether oxygens (including phenoxy) is 5. The summed E-state index contributed by atoms with van der Waals surface area (Å²) in [7, 11) is 0. The van der Waals surface area contributed by atoms with Gasteiger partial charge in [0, 0.05) is 50.7 Å². The van der Waals surface area contributed by atoms with E-state index >= 15 is 0 Å². The van der Waals surface area contributed by atoms with Crippen molar-refractivity contribution in [3.05, 3.63) is 11.9 Å². The predicted octanol–water partition coefficient (Wildman–Crippen LogP) is 3.78. The zero-order chi connectivity index (χ0) is 27.6. The minimum absolute atomic E-state index is 0.211. The number of nitrogens with one attached hydrogen (secondary N) is 1. The van der Waals surface area contributed by atoms with E-state index in [2.05, 4.69) is 19.2 Å². The lowest BCUT2D eigenvalue weighted by Gasteiger charge is -2.09. The largest absolute Gasteiger partial charge is 0.401 e. The number of nitrogens with two attached hydrogens (primary N) is 1. The summed E-state index contributed by atoms with van der Waals surface area (Å²) in [6.45, 7) is 13.9. The van der Waals surface area contributed by atoms with E-state index in [0.29, 0.717) is 110 Å².